The molecule has 1 aromatic heterocycles. The van der Waals surface area contributed by atoms with Gasteiger partial charge in [0.25, 0.3) is 5.91 Å². The van der Waals surface area contributed by atoms with E-state index in [1.807, 2.05) is 0 Å². The Hall–Kier alpha value is -3.40. The van der Waals surface area contributed by atoms with Crippen molar-refractivity contribution in [1.82, 2.24) is 14.8 Å². The lowest BCUT2D eigenvalue weighted by Crippen LogP contribution is -2.32. The average Bonchev–Trinajstić information content (AvgIpc) is 3.63. The molecule has 0 unspecified atom stereocenters. The van der Waals surface area contributed by atoms with Crippen molar-refractivity contribution in [1.29, 1.82) is 0 Å². The molecule has 0 radical (unpaired) electrons. The Morgan fingerprint density at radius 3 is 2.46 bits per heavy atom. The predicted octanol–water partition coefficient (Wildman–Crippen LogP) is 4.73. The lowest BCUT2D eigenvalue weighted by atomic mass is 10.1. The molecule has 0 bridgehead atoms. The summed E-state index contributed by atoms with van der Waals surface area (Å²) in [7, 11) is 0. The van der Waals surface area contributed by atoms with E-state index in [0.717, 1.165) is 49.9 Å². The molecule has 2 aromatic carbocycles. The summed E-state index contributed by atoms with van der Waals surface area (Å²) in [4.78, 5) is 27.9. The number of amides is 2. The van der Waals surface area contributed by atoms with Gasteiger partial charge in [0.05, 0.1) is 17.0 Å². The smallest absolute Gasteiger partial charge is 0.257 e. The van der Waals surface area contributed by atoms with Crippen LogP contribution in [0.25, 0.3) is 0 Å². The fourth-order valence-corrected chi connectivity index (χ4v) is 4.97. The number of aromatic nitrogens is 3. The lowest BCUT2D eigenvalue weighted by Gasteiger charge is -2.27. The Bertz CT molecular complexity index is 1200. The molecule has 2 N–H and O–H groups in total. The molecule has 3 aromatic rings. The number of carbonyl (C=O) groups excluding carboxylic acids is 2. The number of nitrogens with one attached hydrogen (secondary N) is 2. The largest absolute Gasteiger partial charge is 0.341 e. The van der Waals surface area contributed by atoms with E-state index in [9.17, 15) is 14.0 Å². The van der Waals surface area contributed by atoms with Crippen LogP contribution in [0.15, 0.2) is 53.7 Å². The first-order valence-corrected chi connectivity index (χ1v) is 12.9. The van der Waals surface area contributed by atoms with E-state index in [1.165, 1.54) is 42.4 Å². The number of carbonyl (C=O) groups is 2. The molecule has 1 saturated heterocycles. The topological polar surface area (TPSA) is 92.2 Å². The Morgan fingerprint density at radius 2 is 1.71 bits per heavy atom. The normalized spacial score (nSPS) is 15.6. The van der Waals surface area contributed by atoms with E-state index in [0.29, 0.717) is 23.0 Å². The van der Waals surface area contributed by atoms with Gasteiger partial charge in [0, 0.05) is 24.8 Å². The van der Waals surface area contributed by atoms with E-state index in [1.54, 1.807) is 24.3 Å². The van der Waals surface area contributed by atoms with Crippen molar-refractivity contribution in [2.45, 2.75) is 43.3 Å². The molecule has 0 spiro atoms. The summed E-state index contributed by atoms with van der Waals surface area (Å²) >= 11 is 1.36. The van der Waals surface area contributed by atoms with Crippen molar-refractivity contribution in [3.05, 3.63) is 59.9 Å². The molecule has 2 heterocycles. The first kappa shape index (κ1) is 23.3. The average molecular weight is 495 g/mol. The number of hydrogen-bond acceptors (Lipinski definition) is 6. The highest BCUT2D eigenvalue weighted by Gasteiger charge is 2.32. The summed E-state index contributed by atoms with van der Waals surface area (Å²) in [5.74, 6) is 0.0621. The molecule has 182 valence electrons. The van der Waals surface area contributed by atoms with Gasteiger partial charge in [0.2, 0.25) is 11.9 Å². The number of piperidine rings is 1. The van der Waals surface area contributed by atoms with Gasteiger partial charge >= 0.3 is 0 Å². The van der Waals surface area contributed by atoms with E-state index in [-0.39, 0.29) is 23.4 Å². The second-order valence-corrected chi connectivity index (χ2v) is 9.72. The molecule has 0 atom stereocenters. The molecule has 2 aliphatic rings. The van der Waals surface area contributed by atoms with Gasteiger partial charge in [-0.1, -0.05) is 23.9 Å². The minimum atomic E-state index is -0.389. The van der Waals surface area contributed by atoms with Crippen LogP contribution in [0.1, 0.15) is 48.5 Å². The molecule has 2 fully saturated rings. The Labute approximate surface area is 207 Å². The van der Waals surface area contributed by atoms with Gasteiger partial charge in [0.15, 0.2) is 5.16 Å². The highest BCUT2D eigenvalue weighted by molar-refractivity contribution is 7.99. The van der Waals surface area contributed by atoms with E-state index in [4.69, 9.17) is 0 Å². The van der Waals surface area contributed by atoms with E-state index in [2.05, 4.69) is 30.3 Å². The van der Waals surface area contributed by atoms with Gasteiger partial charge < -0.3 is 15.5 Å². The van der Waals surface area contributed by atoms with Gasteiger partial charge in [0.1, 0.15) is 5.82 Å². The van der Waals surface area contributed by atoms with Crippen LogP contribution in [0.3, 0.4) is 0 Å². The minimum Gasteiger partial charge on any atom is -0.341 e. The summed E-state index contributed by atoms with van der Waals surface area (Å²) in [6.45, 7) is 1.99. The summed E-state index contributed by atoms with van der Waals surface area (Å²) in [5, 5.41) is 15.2. The number of rotatable bonds is 8. The molecule has 2 amide bonds. The first-order valence-electron chi connectivity index (χ1n) is 11.9. The third-order valence-corrected chi connectivity index (χ3v) is 7.02. The Balaban J connectivity index is 1.23. The molecule has 1 aliphatic carbocycles. The number of para-hydroxylation sites is 1. The Morgan fingerprint density at radius 1 is 0.971 bits per heavy atom. The number of hydrogen-bond donors (Lipinski definition) is 2. The van der Waals surface area contributed by atoms with Crippen LogP contribution in [-0.4, -0.2) is 45.4 Å². The lowest BCUT2D eigenvalue weighted by molar-refractivity contribution is -0.113. The molecule has 8 nitrogen and oxygen atoms in total. The SMILES string of the molecule is O=C(CSc1nnc(N2CCCCC2)n1C1CC1)Nc1ccccc1C(=O)Nc1ccc(F)cc1. The maximum Gasteiger partial charge on any atom is 0.257 e. The highest BCUT2D eigenvalue weighted by atomic mass is 32.2. The zero-order valence-electron chi connectivity index (χ0n) is 19.2. The van der Waals surface area contributed by atoms with Gasteiger partial charge in [-0.25, -0.2) is 4.39 Å². The van der Waals surface area contributed by atoms with Crippen LogP contribution in [0, 0.1) is 5.82 Å². The predicted molar refractivity (Wildman–Crippen MR) is 135 cm³/mol. The monoisotopic (exact) mass is 494 g/mol. The fourth-order valence-electron chi connectivity index (χ4n) is 4.17. The van der Waals surface area contributed by atoms with Crippen LogP contribution in [-0.2, 0) is 4.79 Å². The number of thioether (sulfide) groups is 1. The molecule has 1 aliphatic heterocycles. The maximum absolute atomic E-state index is 13.1. The minimum absolute atomic E-state index is 0.152. The van der Waals surface area contributed by atoms with Crippen molar-refractivity contribution < 1.29 is 14.0 Å². The van der Waals surface area contributed by atoms with E-state index >= 15 is 0 Å². The summed E-state index contributed by atoms with van der Waals surface area (Å²) in [5.41, 5.74) is 1.20. The van der Waals surface area contributed by atoms with E-state index < -0.39 is 0 Å². The van der Waals surface area contributed by atoms with Crippen molar-refractivity contribution in [2.75, 3.05) is 34.4 Å². The molecule has 10 heteroatoms. The van der Waals surface area contributed by atoms with Crippen LogP contribution < -0.4 is 15.5 Å². The number of anilines is 3. The van der Waals surface area contributed by atoms with Gasteiger partial charge in [-0.15, -0.1) is 10.2 Å². The van der Waals surface area contributed by atoms with Crippen molar-refractivity contribution >= 4 is 40.9 Å². The first-order chi connectivity index (χ1) is 17.1. The van der Waals surface area contributed by atoms with Crippen LogP contribution in [0.2, 0.25) is 0 Å². The molecule has 1 saturated carbocycles. The maximum atomic E-state index is 13.1. The molecular formula is C25H27FN6O2S. The zero-order chi connectivity index (χ0) is 24.2. The standard InChI is InChI=1S/C25H27FN6O2S/c26-17-8-10-18(11-9-17)27-23(34)20-6-2-3-7-21(20)28-22(33)16-35-25-30-29-24(32(25)19-12-13-19)31-14-4-1-5-15-31/h2-3,6-11,19H,1,4-5,12-16H2,(H,27,34)(H,28,33). The third-order valence-electron chi connectivity index (χ3n) is 6.08. The second-order valence-electron chi connectivity index (χ2n) is 8.77. The van der Waals surface area contributed by atoms with Gasteiger partial charge in [-0.05, 0) is 68.5 Å². The quantitative estimate of drug-likeness (QED) is 0.440. The highest BCUT2D eigenvalue weighted by Crippen LogP contribution is 2.41. The number of benzene rings is 2. The Kier molecular flexibility index (Phi) is 6.98. The third kappa shape index (κ3) is 5.64. The molecule has 5 rings (SSSR count). The fraction of sp³-hybridized carbons (Fsp3) is 0.360. The second kappa shape index (κ2) is 10.5. The van der Waals surface area contributed by atoms with Crippen molar-refractivity contribution in [2.24, 2.45) is 0 Å². The molecular weight excluding hydrogens is 467 g/mol. The van der Waals surface area contributed by atoms with Gasteiger partial charge in [-0.3, -0.25) is 14.2 Å². The summed E-state index contributed by atoms with van der Waals surface area (Å²) in [6, 6.07) is 12.7. The van der Waals surface area contributed by atoms with Crippen molar-refractivity contribution in [3.63, 3.8) is 0 Å². The van der Waals surface area contributed by atoms with Crippen LogP contribution >= 0.6 is 11.8 Å². The van der Waals surface area contributed by atoms with Crippen molar-refractivity contribution in [3.8, 4) is 0 Å². The summed E-state index contributed by atoms with van der Waals surface area (Å²) < 4.78 is 15.3. The van der Waals surface area contributed by atoms with Crippen LogP contribution in [0.5, 0.6) is 0 Å². The van der Waals surface area contributed by atoms with Gasteiger partial charge in [-0.2, -0.15) is 0 Å². The molecule has 35 heavy (non-hydrogen) atoms. The van der Waals surface area contributed by atoms with Crippen LogP contribution in [0.4, 0.5) is 21.7 Å². The zero-order valence-corrected chi connectivity index (χ0v) is 20.1. The summed E-state index contributed by atoms with van der Waals surface area (Å²) in [6.07, 6.45) is 5.79. The number of nitrogens with zero attached hydrogens (tertiary/aromatic N) is 4. The number of halogens is 1.